The van der Waals surface area contributed by atoms with E-state index in [1.165, 1.54) is 30.4 Å². The number of carbonyl (C=O) groups is 2. The van der Waals surface area contributed by atoms with E-state index in [1.54, 1.807) is 30.3 Å². The van der Waals surface area contributed by atoms with E-state index < -0.39 is 11.4 Å². The minimum absolute atomic E-state index is 0.298. The second kappa shape index (κ2) is 8.78. The van der Waals surface area contributed by atoms with Gasteiger partial charge in [0.2, 0.25) is 0 Å². The summed E-state index contributed by atoms with van der Waals surface area (Å²) in [5.74, 6) is -0.570. The SMILES string of the molecule is COc1ccc2c(c1)C(=O)C(c1cccc(F)c1)(N1CCN(Cc3ccccc3C)CC1)C2=O. The zero-order valence-electron chi connectivity index (χ0n) is 19.4. The quantitative estimate of drug-likeness (QED) is 0.536. The Morgan fingerprint density at radius 3 is 2.32 bits per heavy atom. The molecule has 0 N–H and O–H groups in total. The van der Waals surface area contributed by atoms with Crippen molar-refractivity contribution in [3.63, 3.8) is 0 Å². The summed E-state index contributed by atoms with van der Waals surface area (Å²) in [6.45, 7) is 5.35. The molecule has 2 aliphatic rings. The molecule has 1 heterocycles. The predicted molar refractivity (Wildman–Crippen MR) is 128 cm³/mol. The van der Waals surface area contributed by atoms with Crippen LogP contribution in [0.15, 0.2) is 66.7 Å². The number of Topliss-reactive ketones (excluding diaryl/α,β-unsaturated/α-hetero) is 2. The van der Waals surface area contributed by atoms with Crippen LogP contribution in [0.5, 0.6) is 5.75 Å². The normalized spacial score (nSPS) is 21.0. The highest BCUT2D eigenvalue weighted by Gasteiger charge is 2.58. The molecule has 0 aromatic heterocycles. The Bertz CT molecular complexity index is 1270. The number of ether oxygens (including phenoxy) is 1. The molecule has 1 aliphatic carbocycles. The zero-order valence-corrected chi connectivity index (χ0v) is 19.4. The first kappa shape index (κ1) is 22.4. The van der Waals surface area contributed by atoms with Crippen LogP contribution in [-0.2, 0) is 12.1 Å². The lowest BCUT2D eigenvalue weighted by atomic mass is 9.82. The van der Waals surface area contributed by atoms with Crippen molar-refractivity contribution < 1.29 is 18.7 Å². The lowest BCUT2D eigenvalue weighted by molar-refractivity contribution is 0.0278. The number of hydrogen-bond donors (Lipinski definition) is 0. The Labute approximate surface area is 198 Å². The molecule has 0 spiro atoms. The molecule has 1 aliphatic heterocycles. The Morgan fingerprint density at radius 1 is 0.882 bits per heavy atom. The third-order valence-electron chi connectivity index (χ3n) is 7.12. The van der Waals surface area contributed by atoms with Crippen LogP contribution in [0.2, 0.25) is 0 Å². The molecule has 1 unspecified atom stereocenters. The molecule has 0 radical (unpaired) electrons. The lowest BCUT2D eigenvalue weighted by Gasteiger charge is -2.44. The van der Waals surface area contributed by atoms with Gasteiger partial charge in [0.05, 0.1) is 7.11 Å². The van der Waals surface area contributed by atoms with Crippen LogP contribution in [0, 0.1) is 12.7 Å². The summed E-state index contributed by atoms with van der Waals surface area (Å²) in [5, 5.41) is 0. The molecule has 34 heavy (non-hydrogen) atoms. The molecule has 0 amide bonds. The van der Waals surface area contributed by atoms with Crippen LogP contribution in [-0.4, -0.2) is 54.7 Å². The van der Waals surface area contributed by atoms with Crippen LogP contribution >= 0.6 is 0 Å². The highest BCUT2D eigenvalue weighted by Crippen LogP contribution is 2.44. The second-order valence-corrected chi connectivity index (χ2v) is 8.98. The van der Waals surface area contributed by atoms with Gasteiger partial charge in [0.1, 0.15) is 11.6 Å². The number of fused-ring (bicyclic) bond motifs is 1. The molecule has 5 nitrogen and oxygen atoms in total. The van der Waals surface area contributed by atoms with E-state index in [1.807, 2.05) is 17.0 Å². The number of halogens is 1. The number of benzene rings is 3. The maximum absolute atomic E-state index is 14.3. The maximum atomic E-state index is 14.3. The average Bonchev–Trinajstić information content (AvgIpc) is 3.08. The standard InChI is InChI=1S/C28H27FN2O3/c1-19-6-3-4-7-20(19)18-30-12-14-31(15-13-30)28(21-8-5-9-22(29)16-21)26(32)24-11-10-23(34-2)17-25(24)27(28)33/h3-11,16-17H,12-15,18H2,1-2H3. The minimum atomic E-state index is -1.56. The van der Waals surface area contributed by atoms with Gasteiger partial charge >= 0.3 is 0 Å². The van der Waals surface area contributed by atoms with Gasteiger partial charge in [0.25, 0.3) is 0 Å². The summed E-state index contributed by atoms with van der Waals surface area (Å²) in [5.41, 5.74) is 2.01. The number of rotatable bonds is 5. The van der Waals surface area contributed by atoms with Crippen molar-refractivity contribution in [2.45, 2.75) is 19.0 Å². The maximum Gasteiger partial charge on any atom is 0.196 e. The first-order valence-electron chi connectivity index (χ1n) is 11.5. The van der Waals surface area contributed by atoms with E-state index in [4.69, 9.17) is 4.74 Å². The van der Waals surface area contributed by atoms with Crippen LogP contribution in [0.3, 0.4) is 0 Å². The third kappa shape index (κ3) is 3.54. The summed E-state index contributed by atoms with van der Waals surface area (Å²) in [6.07, 6.45) is 0. The molecule has 5 rings (SSSR count). The predicted octanol–water partition coefficient (Wildman–Crippen LogP) is 4.24. The molecule has 1 saturated heterocycles. The smallest absolute Gasteiger partial charge is 0.196 e. The van der Waals surface area contributed by atoms with Gasteiger partial charge in [-0.25, -0.2) is 4.39 Å². The van der Waals surface area contributed by atoms with Crippen molar-refractivity contribution in [2.24, 2.45) is 0 Å². The van der Waals surface area contributed by atoms with Gasteiger partial charge in [-0.15, -0.1) is 0 Å². The van der Waals surface area contributed by atoms with Gasteiger partial charge in [-0.1, -0.05) is 36.4 Å². The number of piperazine rings is 1. The first-order valence-corrected chi connectivity index (χ1v) is 11.5. The van der Waals surface area contributed by atoms with Crippen molar-refractivity contribution >= 4 is 11.6 Å². The Morgan fingerprint density at radius 2 is 1.62 bits per heavy atom. The minimum Gasteiger partial charge on any atom is -0.497 e. The van der Waals surface area contributed by atoms with Gasteiger partial charge in [0.15, 0.2) is 17.1 Å². The summed E-state index contributed by atoms with van der Waals surface area (Å²) in [6, 6.07) is 19.1. The third-order valence-corrected chi connectivity index (χ3v) is 7.12. The van der Waals surface area contributed by atoms with Crippen molar-refractivity contribution in [2.75, 3.05) is 33.3 Å². The number of aryl methyl sites for hydroxylation is 1. The number of nitrogens with zero attached hydrogens (tertiary/aromatic N) is 2. The Balaban J connectivity index is 1.50. The van der Waals surface area contributed by atoms with E-state index in [0.717, 1.165) is 6.54 Å². The highest BCUT2D eigenvalue weighted by molar-refractivity contribution is 6.33. The van der Waals surface area contributed by atoms with Crippen LogP contribution in [0.4, 0.5) is 4.39 Å². The van der Waals surface area contributed by atoms with E-state index in [2.05, 4.69) is 24.0 Å². The van der Waals surface area contributed by atoms with Gasteiger partial charge in [-0.05, 0) is 53.9 Å². The van der Waals surface area contributed by atoms with Crippen LogP contribution in [0.1, 0.15) is 37.4 Å². The van der Waals surface area contributed by atoms with E-state index in [-0.39, 0.29) is 11.6 Å². The van der Waals surface area contributed by atoms with Crippen molar-refractivity contribution in [1.29, 1.82) is 0 Å². The molecule has 1 fully saturated rings. The fourth-order valence-electron chi connectivity index (χ4n) is 5.24. The molecule has 3 aromatic carbocycles. The molecular formula is C28H27FN2O3. The molecule has 1 atom stereocenters. The monoisotopic (exact) mass is 458 g/mol. The number of carbonyl (C=O) groups excluding carboxylic acids is 2. The number of methoxy groups -OCH3 is 1. The molecule has 0 bridgehead atoms. The van der Waals surface area contributed by atoms with Gasteiger partial charge < -0.3 is 4.74 Å². The number of ketones is 2. The molecule has 174 valence electrons. The van der Waals surface area contributed by atoms with Crippen molar-refractivity contribution in [1.82, 2.24) is 9.80 Å². The van der Waals surface area contributed by atoms with Crippen molar-refractivity contribution in [3.8, 4) is 5.75 Å². The molecule has 3 aromatic rings. The van der Waals surface area contributed by atoms with Crippen LogP contribution < -0.4 is 4.74 Å². The zero-order chi connectivity index (χ0) is 23.9. The molecule has 0 saturated carbocycles. The van der Waals surface area contributed by atoms with Gasteiger partial charge in [-0.2, -0.15) is 0 Å². The summed E-state index contributed by atoms with van der Waals surface area (Å²) < 4.78 is 19.6. The summed E-state index contributed by atoms with van der Waals surface area (Å²) >= 11 is 0. The topological polar surface area (TPSA) is 49.9 Å². The highest BCUT2D eigenvalue weighted by atomic mass is 19.1. The Hall–Kier alpha value is -3.35. The molecular weight excluding hydrogens is 431 g/mol. The fourth-order valence-corrected chi connectivity index (χ4v) is 5.24. The first-order chi connectivity index (χ1) is 16.4. The average molecular weight is 459 g/mol. The largest absolute Gasteiger partial charge is 0.497 e. The van der Waals surface area contributed by atoms with Crippen LogP contribution in [0.25, 0.3) is 0 Å². The molecule has 6 heteroatoms. The van der Waals surface area contributed by atoms with E-state index in [0.29, 0.717) is 48.6 Å². The van der Waals surface area contributed by atoms with Gasteiger partial charge in [-0.3, -0.25) is 19.4 Å². The second-order valence-electron chi connectivity index (χ2n) is 8.98. The lowest BCUT2D eigenvalue weighted by Crippen LogP contribution is -2.60. The van der Waals surface area contributed by atoms with E-state index >= 15 is 0 Å². The van der Waals surface area contributed by atoms with Gasteiger partial charge in [0, 0.05) is 43.9 Å². The summed E-state index contributed by atoms with van der Waals surface area (Å²) in [4.78, 5) is 32.2. The number of hydrogen-bond acceptors (Lipinski definition) is 5. The summed E-state index contributed by atoms with van der Waals surface area (Å²) in [7, 11) is 1.52. The van der Waals surface area contributed by atoms with E-state index in [9.17, 15) is 14.0 Å². The Kier molecular flexibility index (Phi) is 5.80. The fraction of sp³-hybridized carbons (Fsp3) is 0.286. The van der Waals surface area contributed by atoms with Crippen molar-refractivity contribution in [3.05, 3.63) is 100 Å².